The van der Waals surface area contributed by atoms with Gasteiger partial charge in [-0.1, -0.05) is 19.9 Å². The SMILES string of the molecule is CC(C)c1ccc2oc(CC(=O)O)cc2c1. The van der Waals surface area contributed by atoms with Crippen molar-refractivity contribution in [1.82, 2.24) is 0 Å². The summed E-state index contributed by atoms with van der Waals surface area (Å²) in [6, 6.07) is 7.77. The van der Waals surface area contributed by atoms with Gasteiger partial charge in [0.2, 0.25) is 0 Å². The first-order chi connectivity index (χ1) is 7.56. The summed E-state index contributed by atoms with van der Waals surface area (Å²) in [6.07, 6.45) is -0.0638. The molecule has 0 aliphatic carbocycles. The highest BCUT2D eigenvalue weighted by Gasteiger charge is 2.08. The summed E-state index contributed by atoms with van der Waals surface area (Å²) in [5.74, 6) is 0.0915. The second kappa shape index (κ2) is 4.00. The molecule has 0 spiro atoms. The fourth-order valence-corrected chi connectivity index (χ4v) is 1.71. The lowest BCUT2D eigenvalue weighted by atomic mass is 10.0. The molecule has 0 unspecified atom stereocenters. The number of hydrogen-bond acceptors (Lipinski definition) is 2. The molecule has 3 heteroatoms. The van der Waals surface area contributed by atoms with E-state index in [1.807, 2.05) is 12.1 Å². The van der Waals surface area contributed by atoms with E-state index in [-0.39, 0.29) is 6.42 Å². The molecule has 0 aliphatic rings. The number of benzene rings is 1. The topological polar surface area (TPSA) is 50.4 Å². The van der Waals surface area contributed by atoms with Crippen molar-refractivity contribution in [2.45, 2.75) is 26.2 Å². The van der Waals surface area contributed by atoms with Crippen LogP contribution < -0.4 is 0 Å². The maximum atomic E-state index is 10.6. The first-order valence-electron chi connectivity index (χ1n) is 5.30. The summed E-state index contributed by atoms with van der Waals surface area (Å²) >= 11 is 0. The zero-order valence-electron chi connectivity index (χ0n) is 9.36. The van der Waals surface area contributed by atoms with E-state index in [1.54, 1.807) is 6.07 Å². The Balaban J connectivity index is 2.41. The van der Waals surface area contributed by atoms with Crippen LogP contribution in [-0.4, -0.2) is 11.1 Å². The fourth-order valence-electron chi connectivity index (χ4n) is 1.71. The minimum Gasteiger partial charge on any atom is -0.481 e. The van der Waals surface area contributed by atoms with E-state index >= 15 is 0 Å². The molecule has 3 nitrogen and oxygen atoms in total. The van der Waals surface area contributed by atoms with E-state index in [9.17, 15) is 4.79 Å². The molecule has 1 aromatic heterocycles. The number of hydrogen-bond donors (Lipinski definition) is 1. The summed E-state index contributed by atoms with van der Waals surface area (Å²) in [5.41, 5.74) is 1.98. The van der Waals surface area contributed by atoms with Crippen LogP contribution in [0, 0.1) is 0 Å². The molecule has 1 N–H and O–H groups in total. The largest absolute Gasteiger partial charge is 0.481 e. The van der Waals surface area contributed by atoms with Crippen LogP contribution in [0.25, 0.3) is 11.0 Å². The Labute approximate surface area is 93.7 Å². The number of carbonyl (C=O) groups is 1. The number of rotatable bonds is 3. The number of carboxylic acid groups (broad SMARTS) is 1. The third-order valence-electron chi connectivity index (χ3n) is 2.58. The highest BCUT2D eigenvalue weighted by molar-refractivity contribution is 5.80. The zero-order valence-corrected chi connectivity index (χ0v) is 9.36. The van der Waals surface area contributed by atoms with Gasteiger partial charge < -0.3 is 9.52 Å². The Morgan fingerprint density at radius 2 is 2.12 bits per heavy atom. The van der Waals surface area contributed by atoms with Crippen molar-refractivity contribution in [1.29, 1.82) is 0 Å². The van der Waals surface area contributed by atoms with E-state index < -0.39 is 5.97 Å². The van der Waals surface area contributed by atoms with Gasteiger partial charge in [-0.15, -0.1) is 0 Å². The Hall–Kier alpha value is -1.77. The first-order valence-corrected chi connectivity index (χ1v) is 5.30. The van der Waals surface area contributed by atoms with Crippen molar-refractivity contribution in [2.24, 2.45) is 0 Å². The Bertz CT molecular complexity index is 523. The molecule has 0 fully saturated rings. The van der Waals surface area contributed by atoms with Crippen molar-refractivity contribution in [3.63, 3.8) is 0 Å². The van der Waals surface area contributed by atoms with Gasteiger partial charge in [-0.05, 0) is 29.7 Å². The molecule has 0 radical (unpaired) electrons. The standard InChI is InChI=1S/C13H14O3/c1-8(2)9-3-4-12-10(5-9)6-11(16-12)7-13(14)15/h3-6,8H,7H2,1-2H3,(H,14,15). The first kappa shape index (κ1) is 10.7. The highest BCUT2D eigenvalue weighted by Crippen LogP contribution is 2.24. The minimum absolute atomic E-state index is 0.0638. The molecule has 0 aliphatic heterocycles. The average Bonchev–Trinajstić information content (AvgIpc) is 2.56. The third-order valence-corrected chi connectivity index (χ3v) is 2.58. The van der Waals surface area contributed by atoms with Crippen molar-refractivity contribution in [2.75, 3.05) is 0 Å². The van der Waals surface area contributed by atoms with Crippen LogP contribution in [0.15, 0.2) is 28.7 Å². The van der Waals surface area contributed by atoms with Crippen LogP contribution in [0.1, 0.15) is 31.1 Å². The normalized spacial score (nSPS) is 11.2. The number of furan rings is 1. The van der Waals surface area contributed by atoms with Crippen molar-refractivity contribution in [3.05, 3.63) is 35.6 Å². The van der Waals surface area contributed by atoms with Gasteiger partial charge in [0.15, 0.2) is 0 Å². The maximum absolute atomic E-state index is 10.6. The molecule has 0 atom stereocenters. The predicted molar refractivity (Wildman–Crippen MR) is 61.6 cm³/mol. The summed E-state index contributed by atoms with van der Waals surface area (Å²) in [6.45, 7) is 4.25. The molecular formula is C13H14O3. The van der Waals surface area contributed by atoms with E-state index in [4.69, 9.17) is 9.52 Å². The molecule has 0 amide bonds. The van der Waals surface area contributed by atoms with Crippen molar-refractivity contribution >= 4 is 16.9 Å². The van der Waals surface area contributed by atoms with E-state index in [0.717, 1.165) is 11.0 Å². The van der Waals surface area contributed by atoms with Crippen LogP contribution in [0.4, 0.5) is 0 Å². The summed E-state index contributed by atoms with van der Waals surface area (Å²) in [4.78, 5) is 10.6. The lowest BCUT2D eigenvalue weighted by Crippen LogP contribution is -1.97. The Morgan fingerprint density at radius 3 is 2.75 bits per heavy atom. The Kier molecular flexibility index (Phi) is 2.69. The lowest BCUT2D eigenvalue weighted by molar-refractivity contribution is -0.136. The lowest BCUT2D eigenvalue weighted by Gasteiger charge is -2.03. The molecular weight excluding hydrogens is 204 g/mol. The van der Waals surface area contributed by atoms with E-state index in [2.05, 4.69) is 19.9 Å². The molecule has 1 aromatic carbocycles. The van der Waals surface area contributed by atoms with Gasteiger partial charge in [0.25, 0.3) is 0 Å². The van der Waals surface area contributed by atoms with Crippen molar-refractivity contribution < 1.29 is 14.3 Å². The molecule has 84 valence electrons. The van der Waals surface area contributed by atoms with Gasteiger partial charge in [-0.3, -0.25) is 4.79 Å². The van der Waals surface area contributed by atoms with Gasteiger partial charge >= 0.3 is 5.97 Å². The van der Waals surface area contributed by atoms with Gasteiger partial charge in [0, 0.05) is 5.39 Å². The molecule has 0 saturated carbocycles. The van der Waals surface area contributed by atoms with E-state index in [1.165, 1.54) is 5.56 Å². The van der Waals surface area contributed by atoms with Crippen LogP contribution in [0.5, 0.6) is 0 Å². The summed E-state index contributed by atoms with van der Waals surface area (Å²) in [5, 5.41) is 9.65. The van der Waals surface area contributed by atoms with Gasteiger partial charge in [0.1, 0.15) is 17.8 Å². The van der Waals surface area contributed by atoms with Crippen LogP contribution in [0.2, 0.25) is 0 Å². The molecule has 2 aromatic rings. The van der Waals surface area contributed by atoms with E-state index in [0.29, 0.717) is 11.7 Å². The monoisotopic (exact) mass is 218 g/mol. The maximum Gasteiger partial charge on any atom is 0.311 e. The average molecular weight is 218 g/mol. The highest BCUT2D eigenvalue weighted by atomic mass is 16.4. The quantitative estimate of drug-likeness (QED) is 0.860. The molecule has 0 bridgehead atoms. The van der Waals surface area contributed by atoms with Gasteiger partial charge in [-0.2, -0.15) is 0 Å². The second-order valence-corrected chi connectivity index (χ2v) is 4.24. The molecule has 1 heterocycles. The van der Waals surface area contributed by atoms with Crippen LogP contribution in [0.3, 0.4) is 0 Å². The van der Waals surface area contributed by atoms with Gasteiger partial charge in [0.05, 0.1) is 0 Å². The Morgan fingerprint density at radius 1 is 1.38 bits per heavy atom. The van der Waals surface area contributed by atoms with Crippen LogP contribution >= 0.6 is 0 Å². The third kappa shape index (κ3) is 2.08. The number of carboxylic acids is 1. The van der Waals surface area contributed by atoms with Gasteiger partial charge in [-0.25, -0.2) is 0 Å². The summed E-state index contributed by atoms with van der Waals surface area (Å²) in [7, 11) is 0. The molecule has 16 heavy (non-hydrogen) atoms. The second-order valence-electron chi connectivity index (χ2n) is 4.24. The number of fused-ring (bicyclic) bond motifs is 1. The zero-order chi connectivity index (χ0) is 11.7. The molecule has 0 saturated heterocycles. The van der Waals surface area contributed by atoms with Crippen molar-refractivity contribution in [3.8, 4) is 0 Å². The minimum atomic E-state index is -0.872. The van der Waals surface area contributed by atoms with Crippen LogP contribution in [-0.2, 0) is 11.2 Å². The molecule has 2 rings (SSSR count). The number of aliphatic carboxylic acids is 1. The summed E-state index contributed by atoms with van der Waals surface area (Å²) < 4.78 is 5.43. The fraction of sp³-hybridized carbons (Fsp3) is 0.308. The smallest absolute Gasteiger partial charge is 0.311 e. The predicted octanol–water partition coefficient (Wildman–Crippen LogP) is 3.18.